The zero-order chi connectivity index (χ0) is 14.0. The molecule has 0 unspecified atom stereocenters. The number of piperazine rings is 1. The average Bonchev–Trinajstić information content (AvgIpc) is 2.38. The molecule has 0 amide bonds. The Morgan fingerprint density at radius 1 is 1.16 bits per heavy atom. The second-order valence-corrected chi connectivity index (χ2v) is 7.04. The number of halogens is 1. The van der Waals surface area contributed by atoms with Crippen LogP contribution >= 0.6 is 15.9 Å². The zero-order valence-corrected chi connectivity index (χ0v) is 13.7. The van der Waals surface area contributed by atoms with Crippen molar-refractivity contribution in [3.8, 4) is 0 Å². The van der Waals surface area contributed by atoms with E-state index in [9.17, 15) is 0 Å². The topological polar surface area (TPSA) is 32.5 Å². The average molecular weight is 326 g/mol. The molecule has 19 heavy (non-hydrogen) atoms. The van der Waals surface area contributed by atoms with Gasteiger partial charge in [0.05, 0.1) is 0 Å². The van der Waals surface area contributed by atoms with Crippen molar-refractivity contribution in [3.63, 3.8) is 0 Å². The molecule has 2 N–H and O–H groups in total. The summed E-state index contributed by atoms with van der Waals surface area (Å²) in [7, 11) is 0. The first-order valence-corrected chi connectivity index (χ1v) is 7.69. The fraction of sp³-hybridized carbons (Fsp3) is 0.600. The van der Waals surface area contributed by atoms with E-state index in [-0.39, 0.29) is 5.54 Å². The van der Waals surface area contributed by atoms with Gasteiger partial charge in [0.2, 0.25) is 0 Å². The van der Waals surface area contributed by atoms with E-state index in [2.05, 4.69) is 64.7 Å². The Morgan fingerprint density at radius 2 is 1.79 bits per heavy atom. The second kappa shape index (κ2) is 5.81. The van der Waals surface area contributed by atoms with Gasteiger partial charge in [0.15, 0.2) is 0 Å². The summed E-state index contributed by atoms with van der Waals surface area (Å²) < 4.78 is 1.12. The Bertz CT molecular complexity index is 432. The lowest BCUT2D eigenvalue weighted by molar-refractivity contribution is 0.128. The normalized spacial score (nSPS) is 17.8. The van der Waals surface area contributed by atoms with E-state index in [1.165, 1.54) is 11.3 Å². The largest absolute Gasteiger partial charge is 0.369 e. The van der Waals surface area contributed by atoms with E-state index in [1.54, 1.807) is 0 Å². The molecule has 106 valence electrons. The first-order valence-electron chi connectivity index (χ1n) is 6.90. The van der Waals surface area contributed by atoms with E-state index < -0.39 is 0 Å². The number of nitrogens with zero attached hydrogens (tertiary/aromatic N) is 2. The zero-order valence-electron chi connectivity index (χ0n) is 12.1. The summed E-state index contributed by atoms with van der Waals surface area (Å²) in [6, 6.07) is 6.38. The lowest BCUT2D eigenvalue weighted by Gasteiger charge is -2.43. The van der Waals surface area contributed by atoms with Crippen LogP contribution in [0, 0.1) is 0 Å². The van der Waals surface area contributed by atoms with Crippen molar-refractivity contribution < 1.29 is 0 Å². The number of rotatable bonds is 2. The van der Waals surface area contributed by atoms with Crippen LogP contribution in [0.15, 0.2) is 22.7 Å². The van der Waals surface area contributed by atoms with E-state index in [0.717, 1.165) is 30.7 Å². The summed E-state index contributed by atoms with van der Waals surface area (Å²) in [5.74, 6) is 0. The maximum atomic E-state index is 5.85. The van der Waals surface area contributed by atoms with Crippen LogP contribution in [-0.4, -0.2) is 36.6 Å². The predicted octanol–water partition coefficient (Wildman–Crippen LogP) is 2.83. The summed E-state index contributed by atoms with van der Waals surface area (Å²) in [6.07, 6.45) is 0. The van der Waals surface area contributed by atoms with Crippen LogP contribution in [0.1, 0.15) is 26.3 Å². The summed E-state index contributed by atoms with van der Waals surface area (Å²) >= 11 is 3.56. The van der Waals surface area contributed by atoms with Crippen LogP contribution in [0.4, 0.5) is 5.69 Å². The van der Waals surface area contributed by atoms with Gasteiger partial charge in [-0.05, 0) is 38.5 Å². The molecule has 1 aliphatic rings. The van der Waals surface area contributed by atoms with Crippen molar-refractivity contribution in [2.24, 2.45) is 5.73 Å². The fourth-order valence-electron chi connectivity index (χ4n) is 2.62. The van der Waals surface area contributed by atoms with E-state index in [1.807, 2.05) is 0 Å². The minimum absolute atomic E-state index is 0.264. The Labute approximate surface area is 124 Å². The molecule has 0 bridgehead atoms. The maximum Gasteiger partial charge on any atom is 0.0423 e. The molecule has 1 heterocycles. The molecule has 1 aromatic rings. The van der Waals surface area contributed by atoms with Crippen molar-refractivity contribution >= 4 is 21.6 Å². The van der Waals surface area contributed by atoms with Crippen molar-refractivity contribution in [2.75, 3.05) is 31.1 Å². The van der Waals surface area contributed by atoms with Crippen LogP contribution in [0.2, 0.25) is 0 Å². The Hall–Kier alpha value is -0.580. The van der Waals surface area contributed by atoms with Gasteiger partial charge in [0.1, 0.15) is 0 Å². The molecule has 0 atom stereocenters. The highest BCUT2D eigenvalue weighted by molar-refractivity contribution is 9.10. The number of anilines is 1. The molecule has 4 heteroatoms. The van der Waals surface area contributed by atoms with Crippen LogP contribution in [-0.2, 0) is 6.54 Å². The van der Waals surface area contributed by atoms with Crippen molar-refractivity contribution in [2.45, 2.75) is 32.9 Å². The molecule has 0 saturated carbocycles. The van der Waals surface area contributed by atoms with Crippen molar-refractivity contribution in [1.82, 2.24) is 4.90 Å². The first-order chi connectivity index (χ1) is 8.91. The highest BCUT2D eigenvalue weighted by Crippen LogP contribution is 2.27. The lowest BCUT2D eigenvalue weighted by atomic mass is 10.0. The third kappa shape index (κ3) is 3.50. The molecule has 2 rings (SSSR count). The summed E-state index contributed by atoms with van der Waals surface area (Å²) in [6.45, 7) is 11.8. The van der Waals surface area contributed by atoms with E-state index >= 15 is 0 Å². The molecular formula is C15H24BrN3. The molecule has 1 fully saturated rings. The van der Waals surface area contributed by atoms with Gasteiger partial charge in [-0.1, -0.05) is 22.0 Å². The van der Waals surface area contributed by atoms with Gasteiger partial charge in [0, 0.05) is 48.4 Å². The van der Waals surface area contributed by atoms with Crippen LogP contribution in [0.3, 0.4) is 0 Å². The molecule has 0 spiro atoms. The van der Waals surface area contributed by atoms with Crippen LogP contribution in [0.5, 0.6) is 0 Å². The van der Waals surface area contributed by atoms with Gasteiger partial charge in [0.25, 0.3) is 0 Å². The third-order valence-electron chi connectivity index (χ3n) is 3.84. The minimum Gasteiger partial charge on any atom is -0.369 e. The van der Waals surface area contributed by atoms with Crippen LogP contribution < -0.4 is 10.6 Å². The number of benzene rings is 1. The van der Waals surface area contributed by atoms with E-state index in [0.29, 0.717) is 6.54 Å². The van der Waals surface area contributed by atoms with Gasteiger partial charge in [-0.25, -0.2) is 0 Å². The SMILES string of the molecule is CC(C)(C)N1CCN(c2cc(Br)ccc2CN)CC1. The van der Waals surface area contributed by atoms with Crippen molar-refractivity contribution in [1.29, 1.82) is 0 Å². The molecular weight excluding hydrogens is 302 g/mol. The second-order valence-electron chi connectivity index (χ2n) is 6.12. The minimum atomic E-state index is 0.264. The van der Waals surface area contributed by atoms with Gasteiger partial charge >= 0.3 is 0 Å². The standard InChI is InChI=1S/C15H24BrN3/c1-15(2,3)19-8-6-18(7-9-19)14-10-13(16)5-4-12(14)11-17/h4-5,10H,6-9,11,17H2,1-3H3. The molecule has 3 nitrogen and oxygen atoms in total. The molecule has 0 aliphatic carbocycles. The first kappa shape index (κ1) is 14.8. The van der Waals surface area contributed by atoms with E-state index in [4.69, 9.17) is 5.73 Å². The highest BCUT2D eigenvalue weighted by atomic mass is 79.9. The summed E-state index contributed by atoms with van der Waals surface area (Å²) in [5.41, 5.74) is 8.63. The molecule has 0 radical (unpaired) electrons. The number of hydrogen-bond donors (Lipinski definition) is 1. The predicted molar refractivity (Wildman–Crippen MR) is 85.6 cm³/mol. The van der Waals surface area contributed by atoms with Gasteiger partial charge < -0.3 is 10.6 Å². The summed E-state index contributed by atoms with van der Waals surface area (Å²) in [5, 5.41) is 0. The number of nitrogens with two attached hydrogens (primary N) is 1. The van der Waals surface area contributed by atoms with Crippen molar-refractivity contribution in [3.05, 3.63) is 28.2 Å². The number of hydrogen-bond acceptors (Lipinski definition) is 3. The van der Waals surface area contributed by atoms with Gasteiger partial charge in [-0.15, -0.1) is 0 Å². The molecule has 0 aromatic heterocycles. The third-order valence-corrected chi connectivity index (χ3v) is 4.33. The monoisotopic (exact) mass is 325 g/mol. The Kier molecular flexibility index (Phi) is 4.54. The Morgan fingerprint density at radius 3 is 2.32 bits per heavy atom. The molecule has 1 saturated heterocycles. The summed E-state index contributed by atoms with van der Waals surface area (Å²) in [4.78, 5) is 5.00. The highest BCUT2D eigenvalue weighted by Gasteiger charge is 2.26. The molecule has 1 aliphatic heterocycles. The quantitative estimate of drug-likeness (QED) is 0.907. The smallest absolute Gasteiger partial charge is 0.0423 e. The van der Waals surface area contributed by atoms with Gasteiger partial charge in [-0.2, -0.15) is 0 Å². The Balaban J connectivity index is 2.11. The van der Waals surface area contributed by atoms with Gasteiger partial charge in [-0.3, -0.25) is 4.90 Å². The molecule has 1 aromatic carbocycles. The van der Waals surface area contributed by atoms with Crippen LogP contribution in [0.25, 0.3) is 0 Å². The lowest BCUT2D eigenvalue weighted by Crippen LogP contribution is -2.53. The maximum absolute atomic E-state index is 5.85. The fourth-order valence-corrected chi connectivity index (χ4v) is 2.97.